The molecule has 12 nitrogen and oxygen atoms in total. The number of amides is 2. The third kappa shape index (κ3) is 4.80. The van der Waals surface area contributed by atoms with Crippen LogP contribution in [0.5, 0.6) is 0 Å². The second-order valence-electron chi connectivity index (χ2n) is 9.17. The van der Waals surface area contributed by atoms with Gasteiger partial charge in [0.05, 0.1) is 6.04 Å². The van der Waals surface area contributed by atoms with Gasteiger partial charge in [0.25, 0.3) is 11.8 Å². The summed E-state index contributed by atoms with van der Waals surface area (Å²) in [6, 6.07) is 9.88. The number of fused-ring (bicyclic) bond motifs is 1. The lowest BCUT2D eigenvalue weighted by molar-refractivity contribution is 0.0593. The molecule has 200 valence electrons. The van der Waals surface area contributed by atoms with Crippen molar-refractivity contribution in [3.63, 3.8) is 0 Å². The molecule has 0 saturated carbocycles. The molecule has 1 aliphatic rings. The van der Waals surface area contributed by atoms with Crippen molar-refractivity contribution < 1.29 is 9.59 Å². The summed E-state index contributed by atoms with van der Waals surface area (Å²) >= 11 is 5.96. The molecule has 5 aromatic rings. The van der Waals surface area contributed by atoms with E-state index >= 15 is 0 Å². The summed E-state index contributed by atoms with van der Waals surface area (Å²) in [5.41, 5.74) is 8.96. The van der Waals surface area contributed by atoms with Crippen molar-refractivity contribution in [1.82, 2.24) is 39.2 Å². The number of imidazole rings is 1. The topological polar surface area (TPSA) is 157 Å². The Morgan fingerprint density at radius 1 is 0.950 bits per heavy atom. The molecule has 40 heavy (non-hydrogen) atoms. The molecule has 0 spiro atoms. The molecule has 1 aromatic carbocycles. The number of nitrogens with two attached hydrogens (primary N) is 1. The van der Waals surface area contributed by atoms with Gasteiger partial charge in [0.1, 0.15) is 28.5 Å². The summed E-state index contributed by atoms with van der Waals surface area (Å²) in [4.78, 5) is 53.3. The summed E-state index contributed by atoms with van der Waals surface area (Å²) in [5, 5.41) is 2.68. The highest BCUT2D eigenvalue weighted by molar-refractivity contribution is 6.28. The molecule has 3 N–H and O–H groups in total. The van der Waals surface area contributed by atoms with Crippen molar-refractivity contribution in [3.05, 3.63) is 89.7 Å². The molecule has 0 radical (unpaired) electrons. The Labute approximate surface area is 233 Å². The first-order valence-electron chi connectivity index (χ1n) is 12.6. The Kier molecular flexibility index (Phi) is 6.74. The van der Waals surface area contributed by atoms with E-state index in [0.29, 0.717) is 41.4 Å². The second-order valence-corrected chi connectivity index (χ2v) is 9.51. The minimum Gasteiger partial charge on any atom is -0.382 e. The third-order valence-electron chi connectivity index (χ3n) is 6.73. The van der Waals surface area contributed by atoms with Crippen molar-refractivity contribution in [2.45, 2.75) is 25.3 Å². The minimum absolute atomic E-state index is 0.0141. The van der Waals surface area contributed by atoms with E-state index in [1.165, 1.54) is 6.20 Å². The number of anilines is 2. The minimum atomic E-state index is -0.337. The number of aromatic nitrogens is 7. The number of likely N-dealkylation sites (tertiary alicyclic amines) is 1. The van der Waals surface area contributed by atoms with E-state index in [9.17, 15) is 9.59 Å². The lowest BCUT2D eigenvalue weighted by Crippen LogP contribution is -2.39. The number of hydrogen-bond acceptors (Lipinski definition) is 9. The average molecular weight is 555 g/mol. The van der Waals surface area contributed by atoms with Crippen molar-refractivity contribution in [3.8, 4) is 11.3 Å². The molecular formula is C27H23ClN10O2. The van der Waals surface area contributed by atoms with E-state index in [4.69, 9.17) is 22.3 Å². The van der Waals surface area contributed by atoms with Crippen molar-refractivity contribution in [2.75, 3.05) is 17.6 Å². The van der Waals surface area contributed by atoms with Gasteiger partial charge in [-0.1, -0.05) is 12.1 Å². The molecule has 1 unspecified atom stereocenters. The van der Waals surface area contributed by atoms with Crippen LogP contribution in [-0.2, 0) is 0 Å². The van der Waals surface area contributed by atoms with E-state index in [-0.39, 0.29) is 34.8 Å². The zero-order valence-corrected chi connectivity index (χ0v) is 21.9. The molecule has 0 aliphatic carbocycles. The molecule has 1 saturated heterocycles. The smallest absolute Gasteiger partial charge is 0.273 e. The highest BCUT2D eigenvalue weighted by Gasteiger charge is 2.33. The zero-order chi connectivity index (χ0) is 27.6. The van der Waals surface area contributed by atoms with Crippen LogP contribution >= 0.6 is 11.6 Å². The molecule has 2 amide bonds. The van der Waals surface area contributed by atoms with Gasteiger partial charge in [-0.2, -0.15) is 0 Å². The fourth-order valence-corrected chi connectivity index (χ4v) is 5.03. The first kappa shape index (κ1) is 25.3. The van der Waals surface area contributed by atoms with Crippen LogP contribution in [0.4, 0.5) is 11.8 Å². The Hall–Kier alpha value is -4.97. The number of nitrogens with one attached hydrogen (secondary N) is 1. The number of halogens is 1. The van der Waals surface area contributed by atoms with Crippen LogP contribution in [0.15, 0.2) is 67.4 Å². The van der Waals surface area contributed by atoms with Crippen molar-refractivity contribution in [2.24, 2.45) is 0 Å². The largest absolute Gasteiger partial charge is 0.382 e. The summed E-state index contributed by atoms with van der Waals surface area (Å²) < 4.78 is 1.88. The first-order chi connectivity index (χ1) is 19.5. The van der Waals surface area contributed by atoms with E-state index < -0.39 is 0 Å². The number of nitrogen functional groups attached to an aromatic ring is 1. The van der Waals surface area contributed by atoms with Crippen molar-refractivity contribution >= 4 is 40.7 Å². The van der Waals surface area contributed by atoms with Crippen LogP contribution in [0.1, 0.15) is 52.0 Å². The van der Waals surface area contributed by atoms with Gasteiger partial charge in [0.15, 0.2) is 0 Å². The van der Waals surface area contributed by atoms with Crippen LogP contribution in [0.2, 0.25) is 5.28 Å². The Balaban J connectivity index is 1.36. The summed E-state index contributed by atoms with van der Waals surface area (Å²) in [5.74, 6) is 0.601. The van der Waals surface area contributed by atoms with Gasteiger partial charge >= 0.3 is 0 Å². The maximum atomic E-state index is 13.5. The van der Waals surface area contributed by atoms with Crippen LogP contribution in [0.3, 0.4) is 0 Å². The number of hydrogen-bond donors (Lipinski definition) is 2. The molecule has 5 heterocycles. The predicted octanol–water partition coefficient (Wildman–Crippen LogP) is 3.83. The fraction of sp³-hybridized carbons (Fsp3) is 0.185. The number of benzene rings is 1. The van der Waals surface area contributed by atoms with Gasteiger partial charge in [0, 0.05) is 48.7 Å². The predicted molar refractivity (Wildman–Crippen MR) is 147 cm³/mol. The standard InChI is InChI=1S/C27H23ClN10O2/c28-26-31-12-9-18(34-26)25(40)37-14-2-1-4-19(37)23-35-20(21-22(29)30-13-15-38(21)23)16-5-7-17(8-6-16)24(39)36-27-32-10-3-11-33-27/h3,5-13,15,19H,1-2,4,14H2,(H2,29,30)(H,32,33,36,39). The van der Waals surface area contributed by atoms with Crippen LogP contribution in [-0.4, -0.2) is 57.6 Å². The van der Waals surface area contributed by atoms with Gasteiger partial charge in [-0.3, -0.25) is 19.3 Å². The number of carbonyl (C=O) groups excluding carboxylic acids is 2. The molecular weight excluding hydrogens is 532 g/mol. The molecule has 0 bridgehead atoms. The number of piperidine rings is 1. The van der Waals surface area contributed by atoms with Crippen LogP contribution in [0.25, 0.3) is 16.8 Å². The van der Waals surface area contributed by atoms with Gasteiger partial charge in [-0.15, -0.1) is 0 Å². The monoisotopic (exact) mass is 554 g/mol. The molecule has 6 rings (SSSR count). The SMILES string of the molecule is Nc1nccn2c(C3CCCCN3C(=O)c3ccnc(Cl)n3)nc(-c3ccc(C(=O)Nc4ncccn4)cc3)c12. The Morgan fingerprint density at radius 2 is 1.75 bits per heavy atom. The fourth-order valence-electron chi connectivity index (χ4n) is 4.88. The van der Waals surface area contributed by atoms with Crippen LogP contribution in [0, 0.1) is 0 Å². The van der Waals surface area contributed by atoms with E-state index in [1.54, 1.807) is 66.1 Å². The summed E-state index contributed by atoms with van der Waals surface area (Å²) in [6.45, 7) is 0.546. The van der Waals surface area contributed by atoms with E-state index in [0.717, 1.165) is 18.4 Å². The zero-order valence-electron chi connectivity index (χ0n) is 21.1. The lowest BCUT2D eigenvalue weighted by Gasteiger charge is -2.34. The van der Waals surface area contributed by atoms with Gasteiger partial charge < -0.3 is 10.6 Å². The Bertz CT molecular complexity index is 1710. The molecule has 13 heteroatoms. The molecule has 1 aliphatic heterocycles. The summed E-state index contributed by atoms with van der Waals surface area (Å²) in [6.07, 6.45) is 10.5. The normalized spacial score (nSPS) is 15.2. The van der Waals surface area contributed by atoms with Crippen molar-refractivity contribution in [1.29, 1.82) is 0 Å². The van der Waals surface area contributed by atoms with E-state index in [2.05, 4.69) is 30.2 Å². The summed E-state index contributed by atoms with van der Waals surface area (Å²) in [7, 11) is 0. The quantitative estimate of drug-likeness (QED) is 0.308. The maximum Gasteiger partial charge on any atom is 0.273 e. The lowest BCUT2D eigenvalue weighted by atomic mass is 10.0. The van der Waals surface area contributed by atoms with E-state index in [1.807, 2.05) is 4.40 Å². The second kappa shape index (κ2) is 10.7. The molecule has 1 fully saturated rings. The average Bonchev–Trinajstić information content (AvgIpc) is 3.38. The molecule has 4 aromatic heterocycles. The molecule has 1 atom stereocenters. The number of rotatable bonds is 5. The number of carbonyl (C=O) groups is 2. The Morgan fingerprint density at radius 3 is 2.52 bits per heavy atom. The third-order valence-corrected chi connectivity index (χ3v) is 6.91. The van der Waals surface area contributed by atoms with Gasteiger partial charge in [0.2, 0.25) is 11.2 Å². The van der Waals surface area contributed by atoms with Crippen LogP contribution < -0.4 is 11.1 Å². The number of nitrogens with zero attached hydrogens (tertiary/aromatic N) is 8. The highest BCUT2D eigenvalue weighted by atomic mass is 35.5. The highest BCUT2D eigenvalue weighted by Crippen LogP contribution is 2.36. The van der Waals surface area contributed by atoms with Gasteiger partial charge in [-0.25, -0.2) is 29.9 Å². The first-order valence-corrected chi connectivity index (χ1v) is 13.0. The van der Waals surface area contributed by atoms with Gasteiger partial charge in [-0.05, 0) is 55.1 Å². The maximum absolute atomic E-state index is 13.5.